The molecule has 2 N–H and O–H groups in total. The summed E-state index contributed by atoms with van der Waals surface area (Å²) in [6.45, 7) is 2.78. The molecule has 4 heterocycles. The third-order valence-electron chi connectivity index (χ3n) is 7.28. The van der Waals surface area contributed by atoms with Crippen LogP contribution < -0.4 is 10.6 Å². The van der Waals surface area contributed by atoms with Gasteiger partial charge in [-0.05, 0) is 42.8 Å². The van der Waals surface area contributed by atoms with Crippen molar-refractivity contribution >= 4 is 21.4 Å². The predicted molar refractivity (Wildman–Crippen MR) is 144 cm³/mol. The molecule has 6 rings (SSSR count). The lowest BCUT2D eigenvalue weighted by atomic mass is 9.89. The first kappa shape index (κ1) is 28.0. The van der Waals surface area contributed by atoms with E-state index in [0.717, 1.165) is 12.3 Å². The first-order valence-corrected chi connectivity index (χ1v) is 14.5. The van der Waals surface area contributed by atoms with Crippen LogP contribution in [0.25, 0.3) is 22.7 Å². The fourth-order valence-corrected chi connectivity index (χ4v) is 6.37. The minimum atomic E-state index is -4.49. The lowest BCUT2D eigenvalue weighted by molar-refractivity contribution is -0.137. The lowest BCUT2D eigenvalue weighted by Gasteiger charge is -2.34. The van der Waals surface area contributed by atoms with E-state index in [9.17, 15) is 26.4 Å². The first-order chi connectivity index (χ1) is 19.8. The molecule has 1 amide bonds. The van der Waals surface area contributed by atoms with E-state index in [-0.39, 0.29) is 23.0 Å². The zero-order valence-electron chi connectivity index (χ0n) is 22.1. The highest BCUT2D eigenvalue weighted by molar-refractivity contribution is 7.91. The Morgan fingerprint density at radius 3 is 2.38 bits per heavy atom. The number of hydrogen-bond acceptors (Lipinski definition) is 9. The van der Waals surface area contributed by atoms with E-state index in [1.54, 1.807) is 30.3 Å². The number of rotatable bonds is 5. The van der Waals surface area contributed by atoms with Gasteiger partial charge in [-0.15, -0.1) is 10.2 Å². The standard InChI is InChI=1S/C28H24F3N5O5S/c1-27(14-40-15-27)26-35-34-24(41-26)18-6-9-23-22(10-18)36(25(37)20(32)13-42(23,38)39)12-16-2-4-17(5-3-16)21-8-7-19(11-33-21)28(29,30)31/h2-11,20H,12-15,32H2,1H3/t20-/m0/s1. The van der Waals surface area contributed by atoms with Crippen molar-refractivity contribution in [2.24, 2.45) is 5.73 Å². The SMILES string of the molecule is CC1(c2nnc(-c3ccc4c(c3)N(Cc3ccc(-c5ccc(C(F)(F)F)cn5)cc3)C(=O)[C@@H](N)CS4(=O)=O)o2)COC1. The Morgan fingerprint density at radius 1 is 1.05 bits per heavy atom. The van der Waals surface area contributed by atoms with Gasteiger partial charge in [-0.2, -0.15) is 13.2 Å². The summed E-state index contributed by atoms with van der Waals surface area (Å²) in [5.41, 5.74) is 6.84. The van der Waals surface area contributed by atoms with Crippen LogP contribution in [0.1, 0.15) is 23.9 Å². The van der Waals surface area contributed by atoms with Crippen molar-refractivity contribution in [1.29, 1.82) is 0 Å². The van der Waals surface area contributed by atoms with Crippen molar-refractivity contribution < 1.29 is 35.5 Å². The van der Waals surface area contributed by atoms with Gasteiger partial charge < -0.3 is 19.8 Å². The number of carbonyl (C=O) groups excluding carboxylic acids is 1. The van der Waals surface area contributed by atoms with Crippen molar-refractivity contribution in [2.75, 3.05) is 23.9 Å². The van der Waals surface area contributed by atoms with Crippen molar-refractivity contribution in [3.05, 3.63) is 77.8 Å². The predicted octanol–water partition coefficient (Wildman–Crippen LogP) is 3.75. The molecule has 2 aliphatic heterocycles. The quantitative estimate of drug-likeness (QED) is 0.363. The van der Waals surface area contributed by atoms with Crippen molar-refractivity contribution in [1.82, 2.24) is 15.2 Å². The Morgan fingerprint density at radius 2 is 1.76 bits per heavy atom. The van der Waals surface area contributed by atoms with Gasteiger partial charge >= 0.3 is 6.18 Å². The number of alkyl halides is 3. The van der Waals surface area contributed by atoms with E-state index in [1.165, 1.54) is 23.1 Å². The van der Waals surface area contributed by atoms with Gasteiger partial charge in [-0.1, -0.05) is 24.3 Å². The van der Waals surface area contributed by atoms with Crippen LogP contribution in [0.2, 0.25) is 0 Å². The van der Waals surface area contributed by atoms with E-state index < -0.39 is 44.7 Å². The fourth-order valence-electron chi connectivity index (χ4n) is 4.82. The monoisotopic (exact) mass is 599 g/mol. The number of nitrogens with two attached hydrogens (primary N) is 1. The average molecular weight is 600 g/mol. The molecule has 0 aliphatic carbocycles. The molecular weight excluding hydrogens is 575 g/mol. The Bertz CT molecular complexity index is 1770. The van der Waals surface area contributed by atoms with Gasteiger partial charge in [0, 0.05) is 17.3 Å². The zero-order chi connectivity index (χ0) is 29.9. The smallest absolute Gasteiger partial charge is 0.417 e. The van der Waals surface area contributed by atoms with Crippen LogP contribution in [0.4, 0.5) is 18.9 Å². The highest BCUT2D eigenvalue weighted by Crippen LogP contribution is 2.37. The molecule has 0 radical (unpaired) electrons. The van der Waals surface area contributed by atoms with Gasteiger partial charge in [0.05, 0.1) is 58.8 Å². The van der Waals surface area contributed by atoms with Crippen LogP contribution in [-0.2, 0) is 37.5 Å². The van der Waals surface area contributed by atoms with Gasteiger partial charge in [0.1, 0.15) is 0 Å². The molecule has 1 atom stereocenters. The molecule has 0 unspecified atom stereocenters. The van der Waals surface area contributed by atoms with Gasteiger partial charge in [0.2, 0.25) is 17.7 Å². The number of aromatic nitrogens is 3. The number of carbonyl (C=O) groups is 1. The minimum Gasteiger partial charge on any atom is -0.420 e. The first-order valence-electron chi connectivity index (χ1n) is 12.8. The number of amides is 1. The molecule has 0 saturated carbocycles. The Hall–Kier alpha value is -4.14. The Balaban J connectivity index is 1.33. The number of hydrogen-bond donors (Lipinski definition) is 1. The summed E-state index contributed by atoms with van der Waals surface area (Å²) in [7, 11) is -3.91. The van der Waals surface area contributed by atoms with Crippen LogP contribution in [-0.4, -0.2) is 54.5 Å². The number of anilines is 1. The maximum Gasteiger partial charge on any atom is 0.417 e. The topological polar surface area (TPSA) is 142 Å². The molecule has 0 spiro atoms. The fraction of sp³-hybridized carbons (Fsp3) is 0.286. The molecule has 1 fully saturated rings. The molecule has 14 heteroatoms. The van der Waals surface area contributed by atoms with Gasteiger partial charge in [0.25, 0.3) is 0 Å². The summed E-state index contributed by atoms with van der Waals surface area (Å²) >= 11 is 0. The molecule has 42 heavy (non-hydrogen) atoms. The number of benzene rings is 2. The summed E-state index contributed by atoms with van der Waals surface area (Å²) in [5, 5.41) is 8.26. The van der Waals surface area contributed by atoms with E-state index in [4.69, 9.17) is 14.9 Å². The molecule has 2 aromatic heterocycles. The van der Waals surface area contributed by atoms with Crippen LogP contribution >= 0.6 is 0 Å². The zero-order valence-corrected chi connectivity index (χ0v) is 22.9. The van der Waals surface area contributed by atoms with Gasteiger partial charge in [-0.3, -0.25) is 9.78 Å². The normalized spacial score (nSPS) is 19.6. The minimum absolute atomic E-state index is 0.0241. The van der Waals surface area contributed by atoms with E-state index in [0.29, 0.717) is 41.5 Å². The van der Waals surface area contributed by atoms with Crippen molar-refractivity contribution in [3.63, 3.8) is 0 Å². The van der Waals surface area contributed by atoms with Gasteiger partial charge in [0.15, 0.2) is 9.84 Å². The van der Waals surface area contributed by atoms with Crippen LogP contribution in [0, 0.1) is 0 Å². The molecule has 2 aliphatic rings. The maximum atomic E-state index is 13.4. The number of fused-ring (bicyclic) bond motifs is 1. The number of ether oxygens (including phenoxy) is 1. The van der Waals surface area contributed by atoms with Crippen LogP contribution in [0.5, 0.6) is 0 Å². The third kappa shape index (κ3) is 5.05. The largest absolute Gasteiger partial charge is 0.420 e. The second-order valence-corrected chi connectivity index (χ2v) is 12.6. The summed E-state index contributed by atoms with van der Waals surface area (Å²) < 4.78 is 76.1. The van der Waals surface area contributed by atoms with Crippen LogP contribution in [0.15, 0.2) is 70.1 Å². The Labute approximate surface area is 238 Å². The number of pyridine rings is 1. The number of nitrogens with zero attached hydrogens (tertiary/aromatic N) is 4. The summed E-state index contributed by atoms with van der Waals surface area (Å²) in [6.07, 6.45) is -3.72. The summed E-state index contributed by atoms with van der Waals surface area (Å²) in [6, 6.07) is 12.1. The third-order valence-corrected chi connectivity index (χ3v) is 9.09. The molecule has 0 bridgehead atoms. The second-order valence-electron chi connectivity index (χ2n) is 10.6. The average Bonchev–Trinajstić information content (AvgIpc) is 3.42. The highest BCUT2D eigenvalue weighted by Gasteiger charge is 2.41. The van der Waals surface area contributed by atoms with E-state index >= 15 is 0 Å². The molecular formula is C28H24F3N5O5S. The molecule has 1 saturated heterocycles. The number of halogens is 3. The Kier molecular flexibility index (Phi) is 6.66. The lowest BCUT2D eigenvalue weighted by Crippen LogP contribution is -2.45. The van der Waals surface area contributed by atoms with E-state index in [1.807, 2.05) is 6.92 Å². The molecule has 2 aromatic carbocycles. The summed E-state index contributed by atoms with van der Waals surface area (Å²) in [4.78, 5) is 18.6. The van der Waals surface area contributed by atoms with Crippen LogP contribution in [0.3, 0.4) is 0 Å². The maximum absolute atomic E-state index is 13.4. The van der Waals surface area contributed by atoms with Crippen molar-refractivity contribution in [3.8, 4) is 22.7 Å². The molecule has 4 aromatic rings. The summed E-state index contributed by atoms with van der Waals surface area (Å²) in [5.74, 6) is -0.596. The van der Waals surface area contributed by atoms with Crippen molar-refractivity contribution in [2.45, 2.75) is 36.0 Å². The molecule has 218 valence electrons. The number of sulfone groups is 1. The van der Waals surface area contributed by atoms with Gasteiger partial charge in [-0.25, -0.2) is 8.42 Å². The second kappa shape index (κ2) is 10.00. The highest BCUT2D eigenvalue weighted by atomic mass is 32.2. The van der Waals surface area contributed by atoms with E-state index in [2.05, 4.69) is 15.2 Å². The molecule has 10 nitrogen and oxygen atoms in total.